The third-order valence-corrected chi connectivity index (χ3v) is 5.24. The first kappa shape index (κ1) is 19.9. The molecular weight excluding hydrogens is 393 g/mol. The van der Waals surface area contributed by atoms with Crippen LogP contribution in [0.3, 0.4) is 0 Å². The predicted octanol–water partition coefficient (Wildman–Crippen LogP) is 4.70. The first-order chi connectivity index (χ1) is 13.0. The van der Waals surface area contributed by atoms with E-state index in [9.17, 15) is 26.4 Å². The fourth-order valence-corrected chi connectivity index (χ4v) is 3.40. The van der Waals surface area contributed by atoms with Crippen LogP contribution in [0.25, 0.3) is 22.5 Å². The summed E-state index contributed by atoms with van der Waals surface area (Å²) < 4.78 is 67.3. The number of halogens is 3. The molecule has 0 spiro atoms. The summed E-state index contributed by atoms with van der Waals surface area (Å²) in [6.07, 6.45) is -3.41. The van der Waals surface area contributed by atoms with Crippen LogP contribution in [0.1, 0.15) is 11.3 Å². The lowest BCUT2D eigenvalue weighted by atomic mass is 9.99. The molecule has 2 aromatic carbocycles. The molecule has 8 heteroatoms. The van der Waals surface area contributed by atoms with Crippen molar-refractivity contribution in [1.29, 1.82) is 0 Å². The van der Waals surface area contributed by atoms with Crippen LogP contribution in [0.4, 0.5) is 13.2 Å². The average molecular weight is 408 g/mol. The Morgan fingerprint density at radius 2 is 1.43 bits per heavy atom. The van der Waals surface area contributed by atoms with Gasteiger partial charge in [-0.3, -0.25) is 4.79 Å². The van der Waals surface area contributed by atoms with E-state index in [1.54, 1.807) is 6.92 Å². The summed E-state index contributed by atoms with van der Waals surface area (Å²) in [5.41, 5.74) is -0.434. The summed E-state index contributed by atoms with van der Waals surface area (Å²) in [4.78, 5) is 12.7. The van der Waals surface area contributed by atoms with Crippen LogP contribution in [0.5, 0.6) is 0 Å². The van der Waals surface area contributed by atoms with Crippen LogP contribution < -0.4 is 5.43 Å². The summed E-state index contributed by atoms with van der Waals surface area (Å²) in [6.45, 7) is 1.58. The van der Waals surface area contributed by atoms with Gasteiger partial charge in [-0.25, -0.2) is 8.42 Å². The molecule has 0 atom stereocenters. The van der Waals surface area contributed by atoms with Crippen molar-refractivity contribution in [3.8, 4) is 22.5 Å². The van der Waals surface area contributed by atoms with Gasteiger partial charge in [-0.2, -0.15) is 13.2 Å². The molecule has 0 saturated heterocycles. The van der Waals surface area contributed by atoms with Crippen molar-refractivity contribution in [3.05, 3.63) is 76.1 Å². The number of sulfone groups is 1. The molecular formula is C20H15F3O4S. The zero-order chi connectivity index (χ0) is 20.7. The number of hydrogen-bond acceptors (Lipinski definition) is 4. The second-order valence-corrected chi connectivity index (χ2v) is 8.31. The Morgan fingerprint density at radius 1 is 0.893 bits per heavy atom. The number of hydrogen-bond donors (Lipinski definition) is 0. The van der Waals surface area contributed by atoms with E-state index in [1.165, 1.54) is 42.5 Å². The third-order valence-electron chi connectivity index (χ3n) is 4.12. The lowest BCUT2D eigenvalue weighted by Gasteiger charge is -2.11. The minimum atomic E-state index is -4.49. The van der Waals surface area contributed by atoms with Gasteiger partial charge in [-0.15, -0.1) is 0 Å². The van der Waals surface area contributed by atoms with E-state index in [4.69, 9.17) is 4.42 Å². The minimum absolute atomic E-state index is 0.0994. The standard InChI is InChI=1S/C20H15F3O4S/c1-12-11-17(24)18(13-3-7-15(8-4-13)20(21,22)23)19(27-12)14-5-9-16(10-6-14)28(2,25)26/h3-11H,1-2H3. The second-order valence-electron chi connectivity index (χ2n) is 6.30. The van der Waals surface area contributed by atoms with Gasteiger partial charge in [-0.05, 0) is 48.9 Å². The minimum Gasteiger partial charge on any atom is -0.460 e. The van der Waals surface area contributed by atoms with Crippen LogP contribution in [-0.4, -0.2) is 14.7 Å². The van der Waals surface area contributed by atoms with Crippen molar-refractivity contribution in [2.24, 2.45) is 0 Å². The molecule has 0 radical (unpaired) electrons. The Hall–Kier alpha value is -2.87. The van der Waals surface area contributed by atoms with Crippen LogP contribution >= 0.6 is 0 Å². The van der Waals surface area contributed by atoms with E-state index in [1.807, 2.05) is 0 Å². The molecule has 0 aliphatic rings. The zero-order valence-electron chi connectivity index (χ0n) is 14.9. The Labute approximate surface area is 159 Å². The Kier molecular flexibility index (Phi) is 4.93. The third kappa shape index (κ3) is 4.01. The number of rotatable bonds is 3. The molecule has 1 heterocycles. The van der Waals surface area contributed by atoms with E-state index in [2.05, 4.69) is 0 Å². The van der Waals surface area contributed by atoms with Gasteiger partial charge in [0, 0.05) is 17.9 Å². The number of alkyl halides is 3. The average Bonchev–Trinajstić information content (AvgIpc) is 2.60. The lowest BCUT2D eigenvalue weighted by molar-refractivity contribution is -0.137. The predicted molar refractivity (Wildman–Crippen MR) is 98.7 cm³/mol. The van der Waals surface area contributed by atoms with Crippen molar-refractivity contribution in [3.63, 3.8) is 0 Å². The topological polar surface area (TPSA) is 64.3 Å². The number of benzene rings is 2. The van der Waals surface area contributed by atoms with E-state index in [0.717, 1.165) is 18.4 Å². The molecule has 3 aromatic rings. The molecule has 0 N–H and O–H groups in total. The highest BCUT2D eigenvalue weighted by atomic mass is 32.2. The fourth-order valence-electron chi connectivity index (χ4n) is 2.77. The largest absolute Gasteiger partial charge is 0.460 e. The molecule has 0 aliphatic heterocycles. The molecule has 28 heavy (non-hydrogen) atoms. The molecule has 3 rings (SSSR count). The summed E-state index contributed by atoms with van der Waals surface area (Å²) in [7, 11) is -3.40. The molecule has 1 aromatic heterocycles. The molecule has 0 bridgehead atoms. The maximum absolute atomic E-state index is 12.8. The highest BCUT2D eigenvalue weighted by Crippen LogP contribution is 2.34. The highest BCUT2D eigenvalue weighted by molar-refractivity contribution is 7.90. The van der Waals surface area contributed by atoms with E-state index >= 15 is 0 Å². The Balaban J connectivity index is 2.17. The molecule has 0 aliphatic carbocycles. The van der Waals surface area contributed by atoms with Crippen molar-refractivity contribution >= 4 is 9.84 Å². The van der Waals surface area contributed by atoms with Crippen molar-refractivity contribution in [2.75, 3.05) is 6.26 Å². The Bertz CT molecular complexity index is 1170. The molecule has 0 amide bonds. The zero-order valence-corrected chi connectivity index (χ0v) is 15.7. The second kappa shape index (κ2) is 6.94. The monoisotopic (exact) mass is 408 g/mol. The van der Waals surface area contributed by atoms with Crippen LogP contribution in [0.2, 0.25) is 0 Å². The van der Waals surface area contributed by atoms with E-state index < -0.39 is 27.0 Å². The lowest BCUT2D eigenvalue weighted by Crippen LogP contribution is -2.08. The summed E-state index contributed by atoms with van der Waals surface area (Å²) in [5.74, 6) is 0.479. The smallest absolute Gasteiger partial charge is 0.416 e. The molecule has 0 unspecified atom stereocenters. The van der Waals surface area contributed by atoms with Crippen molar-refractivity contribution in [1.82, 2.24) is 0 Å². The quantitative estimate of drug-likeness (QED) is 0.630. The molecule has 146 valence electrons. The first-order valence-corrected chi connectivity index (χ1v) is 9.99. The summed E-state index contributed by atoms with van der Waals surface area (Å²) in [6, 6.07) is 11.2. The van der Waals surface area contributed by atoms with Gasteiger partial charge >= 0.3 is 6.18 Å². The number of aryl methyl sites for hydroxylation is 1. The van der Waals surface area contributed by atoms with E-state index in [0.29, 0.717) is 11.3 Å². The van der Waals surface area contributed by atoms with Gasteiger partial charge in [0.2, 0.25) is 0 Å². The summed E-state index contributed by atoms with van der Waals surface area (Å²) >= 11 is 0. The van der Waals surface area contributed by atoms with Crippen molar-refractivity contribution < 1.29 is 26.0 Å². The highest BCUT2D eigenvalue weighted by Gasteiger charge is 2.30. The maximum atomic E-state index is 12.8. The SMILES string of the molecule is Cc1cc(=O)c(-c2ccc(C(F)(F)F)cc2)c(-c2ccc(S(C)(=O)=O)cc2)o1. The van der Waals surface area contributed by atoms with Gasteiger partial charge in [0.05, 0.1) is 16.0 Å². The van der Waals surface area contributed by atoms with Gasteiger partial charge < -0.3 is 4.42 Å². The van der Waals surface area contributed by atoms with Gasteiger partial charge in [0.1, 0.15) is 11.5 Å². The summed E-state index contributed by atoms with van der Waals surface area (Å²) in [5, 5.41) is 0. The van der Waals surface area contributed by atoms with E-state index in [-0.39, 0.29) is 21.8 Å². The van der Waals surface area contributed by atoms with Gasteiger partial charge in [0.25, 0.3) is 0 Å². The molecule has 0 saturated carbocycles. The van der Waals surface area contributed by atoms with Crippen LogP contribution in [0, 0.1) is 6.92 Å². The normalized spacial score (nSPS) is 12.2. The molecule has 0 fully saturated rings. The van der Waals surface area contributed by atoms with Crippen LogP contribution in [0.15, 0.2) is 68.7 Å². The van der Waals surface area contributed by atoms with Gasteiger partial charge in [0.15, 0.2) is 15.3 Å². The van der Waals surface area contributed by atoms with Gasteiger partial charge in [-0.1, -0.05) is 12.1 Å². The maximum Gasteiger partial charge on any atom is 0.416 e. The fraction of sp³-hybridized carbons (Fsp3) is 0.150. The molecule has 4 nitrogen and oxygen atoms in total. The van der Waals surface area contributed by atoms with Crippen LogP contribution in [-0.2, 0) is 16.0 Å². The Morgan fingerprint density at radius 3 is 1.93 bits per heavy atom. The van der Waals surface area contributed by atoms with Crippen molar-refractivity contribution in [2.45, 2.75) is 18.0 Å². The first-order valence-electron chi connectivity index (χ1n) is 8.10.